The molecule has 6 heteroatoms. The Hall–Kier alpha value is -1.90. The first-order valence-electron chi connectivity index (χ1n) is 6.33. The van der Waals surface area contributed by atoms with Crippen molar-refractivity contribution < 1.29 is 4.79 Å². The molecular formula is C15H14ClN3OS. The van der Waals surface area contributed by atoms with Crippen LogP contribution in [0.3, 0.4) is 0 Å². The first-order chi connectivity index (χ1) is 9.92. The molecule has 0 spiro atoms. The van der Waals surface area contributed by atoms with Gasteiger partial charge in [-0.2, -0.15) is 5.26 Å². The molecule has 4 nitrogen and oxygen atoms in total. The molecule has 1 aromatic heterocycles. The molecule has 0 aliphatic rings. The van der Waals surface area contributed by atoms with Crippen LogP contribution in [0.5, 0.6) is 0 Å². The van der Waals surface area contributed by atoms with Crippen LogP contribution in [0.2, 0.25) is 5.02 Å². The number of amides is 1. The van der Waals surface area contributed by atoms with Crippen LogP contribution in [-0.2, 0) is 11.2 Å². The first-order valence-corrected chi connectivity index (χ1v) is 7.52. The van der Waals surface area contributed by atoms with Gasteiger partial charge in [0.15, 0.2) is 5.13 Å². The number of thiazole rings is 1. The number of rotatable bonds is 4. The maximum absolute atomic E-state index is 11.9. The zero-order valence-electron chi connectivity index (χ0n) is 11.7. The molecule has 108 valence electrons. The van der Waals surface area contributed by atoms with E-state index in [1.54, 1.807) is 20.0 Å². The van der Waals surface area contributed by atoms with E-state index in [1.165, 1.54) is 11.3 Å². The Bertz CT molecular complexity index is 703. The Labute approximate surface area is 132 Å². The monoisotopic (exact) mass is 319 g/mol. The van der Waals surface area contributed by atoms with E-state index in [-0.39, 0.29) is 5.91 Å². The van der Waals surface area contributed by atoms with Gasteiger partial charge in [0.2, 0.25) is 5.91 Å². The predicted octanol–water partition coefficient (Wildman–Crippen LogP) is 3.88. The lowest BCUT2D eigenvalue weighted by Gasteiger charge is -2.12. The fourth-order valence-electron chi connectivity index (χ4n) is 1.58. The number of hydrogen-bond donors (Lipinski definition) is 1. The molecule has 1 amide bonds. The average Bonchev–Trinajstić information content (AvgIpc) is 2.88. The largest absolute Gasteiger partial charge is 0.301 e. The van der Waals surface area contributed by atoms with Gasteiger partial charge < -0.3 is 5.32 Å². The van der Waals surface area contributed by atoms with Crippen LogP contribution in [0.15, 0.2) is 30.5 Å². The molecule has 0 fully saturated rings. The second-order valence-corrected chi connectivity index (χ2v) is 6.61. The lowest BCUT2D eigenvalue weighted by molar-refractivity contribution is -0.121. The van der Waals surface area contributed by atoms with E-state index < -0.39 is 5.41 Å². The van der Waals surface area contributed by atoms with Gasteiger partial charge in [-0.05, 0) is 25.5 Å². The Morgan fingerprint density at radius 2 is 2.19 bits per heavy atom. The van der Waals surface area contributed by atoms with Gasteiger partial charge in [0.1, 0.15) is 5.41 Å². The van der Waals surface area contributed by atoms with Crippen molar-refractivity contribution in [2.75, 3.05) is 5.32 Å². The van der Waals surface area contributed by atoms with Crippen LogP contribution in [0.1, 0.15) is 24.3 Å². The topological polar surface area (TPSA) is 65.8 Å². The molecule has 0 bridgehead atoms. The summed E-state index contributed by atoms with van der Waals surface area (Å²) in [6, 6.07) is 9.58. The van der Waals surface area contributed by atoms with Gasteiger partial charge in [-0.15, -0.1) is 11.3 Å². The highest BCUT2D eigenvalue weighted by Gasteiger charge is 2.27. The van der Waals surface area contributed by atoms with Gasteiger partial charge in [0.25, 0.3) is 0 Å². The minimum absolute atomic E-state index is 0.358. The van der Waals surface area contributed by atoms with Crippen LogP contribution in [0, 0.1) is 16.7 Å². The number of nitriles is 1. The van der Waals surface area contributed by atoms with E-state index in [0.717, 1.165) is 10.4 Å². The fraction of sp³-hybridized carbons (Fsp3) is 0.267. The molecule has 0 saturated carbocycles. The molecule has 0 aliphatic carbocycles. The van der Waals surface area contributed by atoms with Crippen molar-refractivity contribution in [3.05, 3.63) is 45.9 Å². The summed E-state index contributed by atoms with van der Waals surface area (Å²) in [6.07, 6.45) is 2.37. The van der Waals surface area contributed by atoms with Gasteiger partial charge >= 0.3 is 0 Å². The summed E-state index contributed by atoms with van der Waals surface area (Å²) >= 11 is 7.50. The molecule has 0 unspecified atom stereocenters. The second kappa shape index (κ2) is 6.25. The number of hydrogen-bond acceptors (Lipinski definition) is 4. The summed E-state index contributed by atoms with van der Waals surface area (Å²) in [5, 5.41) is 12.8. The molecule has 2 rings (SSSR count). The third kappa shape index (κ3) is 3.81. The van der Waals surface area contributed by atoms with E-state index >= 15 is 0 Å². The van der Waals surface area contributed by atoms with Gasteiger partial charge in [-0.25, -0.2) is 4.98 Å². The van der Waals surface area contributed by atoms with Gasteiger partial charge in [0, 0.05) is 22.5 Å². The van der Waals surface area contributed by atoms with Crippen molar-refractivity contribution in [3.8, 4) is 6.07 Å². The van der Waals surface area contributed by atoms with Crippen molar-refractivity contribution in [1.82, 2.24) is 4.98 Å². The fourth-order valence-corrected chi connectivity index (χ4v) is 2.61. The summed E-state index contributed by atoms with van der Waals surface area (Å²) in [5.41, 5.74) is -0.0627. The van der Waals surface area contributed by atoms with E-state index in [4.69, 9.17) is 16.9 Å². The molecule has 0 saturated heterocycles. The highest BCUT2D eigenvalue weighted by atomic mass is 35.5. The number of aromatic nitrogens is 1. The number of benzene rings is 1. The zero-order chi connectivity index (χ0) is 15.5. The summed E-state index contributed by atoms with van der Waals surface area (Å²) < 4.78 is 0. The highest BCUT2D eigenvalue weighted by molar-refractivity contribution is 7.15. The Kier molecular flexibility index (Phi) is 4.61. The van der Waals surface area contributed by atoms with Gasteiger partial charge in [0.05, 0.1) is 6.07 Å². The third-order valence-corrected chi connectivity index (χ3v) is 4.23. The maximum atomic E-state index is 11.9. The second-order valence-electron chi connectivity index (χ2n) is 5.09. The molecule has 0 radical (unpaired) electrons. The highest BCUT2D eigenvalue weighted by Crippen LogP contribution is 2.26. The quantitative estimate of drug-likeness (QED) is 0.930. The number of carbonyl (C=O) groups is 1. The minimum Gasteiger partial charge on any atom is -0.301 e. The molecule has 0 aliphatic heterocycles. The maximum Gasteiger partial charge on any atom is 0.246 e. The molecule has 2 aromatic rings. The average molecular weight is 320 g/mol. The summed E-state index contributed by atoms with van der Waals surface area (Å²) in [6.45, 7) is 3.14. The number of carbonyl (C=O) groups excluding carboxylic acids is 1. The summed E-state index contributed by atoms with van der Waals surface area (Å²) in [7, 11) is 0. The molecule has 21 heavy (non-hydrogen) atoms. The van der Waals surface area contributed by atoms with Gasteiger partial charge in [-0.1, -0.05) is 29.8 Å². The lowest BCUT2D eigenvalue weighted by Crippen LogP contribution is -2.29. The summed E-state index contributed by atoms with van der Waals surface area (Å²) in [5.74, 6) is -0.358. The van der Waals surface area contributed by atoms with E-state index in [0.29, 0.717) is 16.6 Å². The third-order valence-electron chi connectivity index (χ3n) is 2.94. The predicted molar refractivity (Wildman–Crippen MR) is 84.4 cm³/mol. The Morgan fingerprint density at radius 1 is 1.48 bits per heavy atom. The SMILES string of the molecule is CC(C)(C#N)C(=O)Nc1ncc(Cc2ccccc2Cl)s1. The van der Waals surface area contributed by atoms with Gasteiger partial charge in [-0.3, -0.25) is 4.79 Å². The Balaban J connectivity index is 2.08. The van der Waals surface area contributed by atoms with E-state index in [1.807, 2.05) is 30.3 Å². The van der Waals surface area contributed by atoms with Crippen molar-refractivity contribution >= 4 is 34.0 Å². The van der Waals surface area contributed by atoms with Crippen LogP contribution in [0.25, 0.3) is 0 Å². The standard InChI is InChI=1S/C15H14ClN3OS/c1-15(2,9-17)13(20)19-14-18-8-11(21-14)7-10-5-3-4-6-12(10)16/h3-6,8H,7H2,1-2H3,(H,18,19,20). The summed E-state index contributed by atoms with van der Waals surface area (Å²) in [4.78, 5) is 17.1. The van der Waals surface area contributed by atoms with Crippen molar-refractivity contribution in [1.29, 1.82) is 5.26 Å². The normalized spacial score (nSPS) is 11.0. The van der Waals surface area contributed by atoms with Crippen LogP contribution in [0.4, 0.5) is 5.13 Å². The van der Waals surface area contributed by atoms with Crippen LogP contribution >= 0.6 is 22.9 Å². The number of nitrogens with one attached hydrogen (secondary N) is 1. The molecule has 0 atom stereocenters. The van der Waals surface area contributed by atoms with E-state index in [9.17, 15) is 4.79 Å². The molecule has 1 N–H and O–H groups in total. The molecular weight excluding hydrogens is 306 g/mol. The smallest absolute Gasteiger partial charge is 0.246 e. The lowest BCUT2D eigenvalue weighted by atomic mass is 9.95. The Morgan fingerprint density at radius 3 is 2.86 bits per heavy atom. The zero-order valence-corrected chi connectivity index (χ0v) is 13.3. The number of anilines is 1. The van der Waals surface area contributed by atoms with Crippen molar-refractivity contribution in [2.24, 2.45) is 5.41 Å². The number of nitrogens with zero attached hydrogens (tertiary/aromatic N) is 2. The molecule has 1 aromatic carbocycles. The van der Waals surface area contributed by atoms with Crippen LogP contribution < -0.4 is 5.32 Å². The number of halogens is 1. The van der Waals surface area contributed by atoms with Crippen molar-refractivity contribution in [3.63, 3.8) is 0 Å². The minimum atomic E-state index is -1.07. The van der Waals surface area contributed by atoms with Crippen LogP contribution in [-0.4, -0.2) is 10.9 Å². The van der Waals surface area contributed by atoms with E-state index in [2.05, 4.69) is 10.3 Å². The van der Waals surface area contributed by atoms with Crippen molar-refractivity contribution in [2.45, 2.75) is 20.3 Å². The molecule has 1 heterocycles. The first kappa shape index (κ1) is 15.5.